The number of nitrogens with one attached hydrogen (secondary N) is 1. The van der Waals surface area contributed by atoms with E-state index >= 15 is 0 Å². The van der Waals surface area contributed by atoms with Gasteiger partial charge in [0.25, 0.3) is 0 Å². The van der Waals surface area contributed by atoms with Crippen LogP contribution >= 0.6 is 0 Å². The number of hydrogen-bond donors (Lipinski definition) is 1. The lowest BCUT2D eigenvalue weighted by Gasteiger charge is -2.23. The molecule has 1 aromatic rings. The minimum absolute atomic E-state index is 0.00961. The summed E-state index contributed by atoms with van der Waals surface area (Å²) >= 11 is 0. The van der Waals surface area contributed by atoms with Crippen molar-refractivity contribution in [2.75, 3.05) is 30.0 Å². The highest BCUT2D eigenvalue weighted by atomic mass is 32.2. The van der Waals surface area contributed by atoms with Crippen LogP contribution in [0.4, 0.5) is 5.95 Å². The predicted octanol–water partition coefficient (Wildman–Crippen LogP) is 0.209. The molecule has 1 aliphatic heterocycles. The van der Waals surface area contributed by atoms with Crippen molar-refractivity contribution in [1.29, 1.82) is 0 Å². The van der Waals surface area contributed by atoms with E-state index in [2.05, 4.69) is 15.3 Å². The molecule has 0 saturated carbocycles. The van der Waals surface area contributed by atoms with E-state index in [0.717, 1.165) is 18.7 Å². The fourth-order valence-corrected chi connectivity index (χ4v) is 3.91. The van der Waals surface area contributed by atoms with Crippen LogP contribution in [0.2, 0.25) is 0 Å². The van der Waals surface area contributed by atoms with Gasteiger partial charge in [-0.05, 0) is 13.0 Å². The van der Waals surface area contributed by atoms with E-state index in [4.69, 9.17) is 0 Å². The maximum atomic E-state index is 11.5. The second kappa shape index (κ2) is 5.83. The Hall–Kier alpha value is -1.21. The summed E-state index contributed by atoms with van der Waals surface area (Å²) in [4.78, 5) is 10.5. The average molecular weight is 284 g/mol. The summed E-state index contributed by atoms with van der Waals surface area (Å²) in [5, 5.41) is 3.21. The van der Waals surface area contributed by atoms with Crippen LogP contribution in [-0.4, -0.2) is 49.5 Å². The van der Waals surface area contributed by atoms with E-state index in [-0.39, 0.29) is 17.5 Å². The van der Waals surface area contributed by atoms with E-state index in [1.807, 2.05) is 18.9 Å². The lowest BCUT2D eigenvalue weighted by atomic mass is 10.2. The molecule has 1 atom stereocenters. The molecule has 1 fully saturated rings. The monoisotopic (exact) mass is 284 g/mol. The average Bonchev–Trinajstić information content (AvgIpc) is 2.76. The Labute approximate surface area is 114 Å². The van der Waals surface area contributed by atoms with Crippen LogP contribution < -0.4 is 10.2 Å². The van der Waals surface area contributed by atoms with Gasteiger partial charge in [0.15, 0.2) is 9.84 Å². The van der Waals surface area contributed by atoms with Gasteiger partial charge in [-0.15, -0.1) is 0 Å². The second-order valence-electron chi connectivity index (χ2n) is 4.84. The number of rotatable bonds is 5. The molecule has 1 unspecified atom stereocenters. The highest BCUT2D eigenvalue weighted by molar-refractivity contribution is 7.91. The summed E-state index contributed by atoms with van der Waals surface area (Å²) < 4.78 is 22.9. The molecular weight excluding hydrogens is 264 g/mol. The van der Waals surface area contributed by atoms with Crippen LogP contribution in [0.25, 0.3) is 0 Å². The van der Waals surface area contributed by atoms with E-state index in [9.17, 15) is 8.42 Å². The van der Waals surface area contributed by atoms with Crippen molar-refractivity contribution < 1.29 is 8.42 Å². The highest BCUT2D eigenvalue weighted by Gasteiger charge is 2.31. The Morgan fingerprint density at radius 1 is 1.42 bits per heavy atom. The Morgan fingerprint density at radius 3 is 2.63 bits per heavy atom. The van der Waals surface area contributed by atoms with Gasteiger partial charge in [0.2, 0.25) is 5.95 Å². The van der Waals surface area contributed by atoms with Crippen LogP contribution in [0.1, 0.15) is 18.9 Å². The number of aromatic nitrogens is 2. The van der Waals surface area contributed by atoms with Crippen molar-refractivity contribution in [1.82, 2.24) is 15.3 Å². The molecule has 0 aromatic carbocycles. The number of hydrogen-bond acceptors (Lipinski definition) is 6. The van der Waals surface area contributed by atoms with Crippen LogP contribution in [0, 0.1) is 0 Å². The van der Waals surface area contributed by atoms with E-state index < -0.39 is 9.84 Å². The zero-order valence-corrected chi connectivity index (χ0v) is 12.2. The zero-order valence-electron chi connectivity index (χ0n) is 11.3. The molecule has 0 aliphatic carbocycles. The molecule has 2 rings (SSSR count). The van der Waals surface area contributed by atoms with Crippen molar-refractivity contribution >= 4 is 15.8 Å². The molecule has 1 aliphatic rings. The van der Waals surface area contributed by atoms with Gasteiger partial charge in [0, 0.05) is 37.6 Å². The van der Waals surface area contributed by atoms with Crippen molar-refractivity contribution in [2.24, 2.45) is 0 Å². The minimum Gasteiger partial charge on any atom is -0.340 e. The van der Waals surface area contributed by atoms with Gasteiger partial charge in [-0.3, -0.25) is 0 Å². The number of sulfone groups is 1. The largest absolute Gasteiger partial charge is 0.340 e. The summed E-state index contributed by atoms with van der Waals surface area (Å²) in [5.74, 6) is 1.05. The lowest BCUT2D eigenvalue weighted by molar-refractivity contribution is 0.600. The Balaban J connectivity index is 2.01. The molecule has 0 bridgehead atoms. The zero-order chi connectivity index (χ0) is 13.9. The van der Waals surface area contributed by atoms with Crippen LogP contribution in [0.3, 0.4) is 0 Å². The van der Waals surface area contributed by atoms with Gasteiger partial charge >= 0.3 is 0 Å². The molecular formula is C12H20N4O2S. The third kappa shape index (κ3) is 3.63. The molecule has 2 heterocycles. The summed E-state index contributed by atoms with van der Waals surface area (Å²) in [6, 6.07) is -0.00961. The highest BCUT2D eigenvalue weighted by Crippen LogP contribution is 2.19. The summed E-state index contributed by atoms with van der Waals surface area (Å²) in [5.41, 5.74) is 1.03. The Bertz CT molecular complexity index is 515. The van der Waals surface area contributed by atoms with Crippen molar-refractivity contribution in [2.45, 2.75) is 25.9 Å². The van der Waals surface area contributed by atoms with Crippen molar-refractivity contribution in [3.05, 3.63) is 18.0 Å². The quantitative estimate of drug-likeness (QED) is 0.833. The standard InChI is InChI=1S/C12H20N4O2S/c1-3-13-6-10-7-14-12(15-8-10)16(2)11-4-5-19(17,18)9-11/h7-8,11,13H,3-6,9H2,1-2H3. The Morgan fingerprint density at radius 2 is 2.11 bits per heavy atom. The summed E-state index contributed by atoms with van der Waals surface area (Å²) in [6.07, 6.45) is 4.22. The van der Waals surface area contributed by atoms with E-state index in [0.29, 0.717) is 12.4 Å². The third-order valence-electron chi connectivity index (χ3n) is 3.34. The number of anilines is 1. The SMILES string of the molecule is CCNCc1cnc(N(C)C2CCS(=O)(=O)C2)nc1. The molecule has 1 aromatic heterocycles. The molecule has 0 amide bonds. The molecule has 6 nitrogen and oxygen atoms in total. The first-order valence-electron chi connectivity index (χ1n) is 6.46. The fraction of sp³-hybridized carbons (Fsp3) is 0.667. The van der Waals surface area contributed by atoms with Gasteiger partial charge in [-0.25, -0.2) is 18.4 Å². The first-order valence-corrected chi connectivity index (χ1v) is 8.29. The van der Waals surface area contributed by atoms with E-state index in [1.54, 1.807) is 12.4 Å². The maximum Gasteiger partial charge on any atom is 0.225 e. The van der Waals surface area contributed by atoms with Gasteiger partial charge in [0.05, 0.1) is 11.5 Å². The first kappa shape index (κ1) is 14.2. The van der Waals surface area contributed by atoms with Gasteiger partial charge in [-0.1, -0.05) is 6.92 Å². The van der Waals surface area contributed by atoms with Crippen molar-refractivity contribution in [3.63, 3.8) is 0 Å². The minimum atomic E-state index is -2.88. The predicted molar refractivity (Wildman–Crippen MR) is 74.9 cm³/mol. The van der Waals surface area contributed by atoms with Crippen LogP contribution in [-0.2, 0) is 16.4 Å². The second-order valence-corrected chi connectivity index (χ2v) is 7.07. The normalized spacial score (nSPS) is 21.5. The van der Waals surface area contributed by atoms with Crippen LogP contribution in [0.15, 0.2) is 12.4 Å². The molecule has 0 spiro atoms. The topological polar surface area (TPSA) is 75.2 Å². The fourth-order valence-electron chi connectivity index (χ4n) is 2.13. The molecule has 0 radical (unpaired) electrons. The molecule has 106 valence electrons. The molecule has 7 heteroatoms. The summed E-state index contributed by atoms with van der Waals surface area (Å²) in [7, 11) is -1.02. The molecule has 1 N–H and O–H groups in total. The number of nitrogens with zero attached hydrogens (tertiary/aromatic N) is 3. The first-order chi connectivity index (χ1) is 9.02. The maximum absolute atomic E-state index is 11.5. The van der Waals surface area contributed by atoms with Gasteiger partial charge in [-0.2, -0.15) is 0 Å². The van der Waals surface area contributed by atoms with Crippen molar-refractivity contribution in [3.8, 4) is 0 Å². The Kier molecular flexibility index (Phi) is 4.36. The summed E-state index contributed by atoms with van der Waals surface area (Å²) in [6.45, 7) is 3.70. The van der Waals surface area contributed by atoms with Crippen LogP contribution in [0.5, 0.6) is 0 Å². The van der Waals surface area contributed by atoms with Gasteiger partial charge in [0.1, 0.15) is 0 Å². The third-order valence-corrected chi connectivity index (χ3v) is 5.09. The molecule has 1 saturated heterocycles. The van der Waals surface area contributed by atoms with Gasteiger partial charge < -0.3 is 10.2 Å². The van der Waals surface area contributed by atoms with E-state index in [1.165, 1.54) is 0 Å². The molecule has 19 heavy (non-hydrogen) atoms. The lowest BCUT2D eigenvalue weighted by Crippen LogP contribution is -2.33. The smallest absolute Gasteiger partial charge is 0.225 e.